The lowest BCUT2D eigenvalue weighted by Gasteiger charge is -2.32. The molecule has 1 atom stereocenters. The summed E-state index contributed by atoms with van der Waals surface area (Å²) in [6, 6.07) is 13.8. The maximum atomic E-state index is 13.7. The van der Waals surface area contributed by atoms with E-state index >= 15 is 0 Å². The third kappa shape index (κ3) is 7.71. The van der Waals surface area contributed by atoms with E-state index in [-0.39, 0.29) is 18.5 Å². The number of sulfonamides is 1. The maximum absolute atomic E-state index is 13.7. The number of hydrogen-bond donors (Lipinski definition) is 1. The van der Waals surface area contributed by atoms with Crippen LogP contribution in [0, 0.1) is 0 Å². The SMILES string of the molecule is COc1cccc(CN(C(=O)CN(c2ccc(C(C)C)cc2)S(C)(=O)=O)[C@@H](C)C(=O)NC2CCCC2)c1. The van der Waals surface area contributed by atoms with E-state index in [4.69, 9.17) is 4.74 Å². The van der Waals surface area contributed by atoms with Gasteiger partial charge in [0.15, 0.2) is 0 Å². The van der Waals surface area contributed by atoms with Crippen molar-refractivity contribution >= 4 is 27.5 Å². The van der Waals surface area contributed by atoms with E-state index in [0.717, 1.165) is 47.4 Å². The van der Waals surface area contributed by atoms with Crippen LogP contribution in [-0.2, 0) is 26.2 Å². The number of anilines is 1. The van der Waals surface area contributed by atoms with Gasteiger partial charge in [-0.2, -0.15) is 0 Å². The van der Waals surface area contributed by atoms with Gasteiger partial charge in [0.25, 0.3) is 0 Å². The van der Waals surface area contributed by atoms with Gasteiger partial charge in [0.2, 0.25) is 21.8 Å². The fraction of sp³-hybridized carbons (Fsp3) is 0.500. The number of amides is 2. The van der Waals surface area contributed by atoms with Crippen molar-refractivity contribution in [3.8, 4) is 5.75 Å². The van der Waals surface area contributed by atoms with Gasteiger partial charge < -0.3 is 15.0 Å². The molecule has 37 heavy (non-hydrogen) atoms. The zero-order valence-corrected chi connectivity index (χ0v) is 23.3. The van der Waals surface area contributed by atoms with Crippen molar-refractivity contribution in [1.82, 2.24) is 10.2 Å². The van der Waals surface area contributed by atoms with Crippen molar-refractivity contribution in [3.05, 3.63) is 59.7 Å². The average molecular weight is 530 g/mol. The molecule has 0 aliphatic heterocycles. The standard InChI is InChI=1S/C28H39N3O5S/c1-20(2)23-13-15-25(16-14-23)31(37(5,34)35)19-27(32)30(18-22-9-8-12-26(17-22)36-4)21(3)28(33)29-24-10-6-7-11-24/h8-9,12-17,20-21,24H,6-7,10-11,18-19H2,1-5H3,(H,29,33)/t21-/m0/s1. The number of ether oxygens (including phenoxy) is 1. The number of carbonyl (C=O) groups excluding carboxylic acids is 2. The van der Waals surface area contributed by atoms with E-state index < -0.39 is 28.5 Å². The summed E-state index contributed by atoms with van der Waals surface area (Å²) in [6.07, 6.45) is 5.09. The average Bonchev–Trinajstić information content (AvgIpc) is 3.37. The van der Waals surface area contributed by atoms with Crippen molar-refractivity contribution in [1.29, 1.82) is 0 Å². The van der Waals surface area contributed by atoms with Crippen molar-refractivity contribution in [2.24, 2.45) is 0 Å². The molecule has 0 aromatic heterocycles. The summed E-state index contributed by atoms with van der Waals surface area (Å²) < 4.78 is 31.9. The van der Waals surface area contributed by atoms with E-state index in [2.05, 4.69) is 19.2 Å². The van der Waals surface area contributed by atoms with E-state index in [9.17, 15) is 18.0 Å². The second kappa shape index (κ2) is 12.4. The van der Waals surface area contributed by atoms with E-state index in [0.29, 0.717) is 17.4 Å². The van der Waals surface area contributed by atoms with Crippen molar-refractivity contribution in [2.75, 3.05) is 24.2 Å². The molecule has 1 aliphatic carbocycles. The van der Waals surface area contributed by atoms with E-state index in [1.165, 1.54) is 4.90 Å². The first-order valence-electron chi connectivity index (χ1n) is 12.8. The molecular weight excluding hydrogens is 490 g/mol. The van der Waals surface area contributed by atoms with Gasteiger partial charge in [-0.3, -0.25) is 13.9 Å². The molecule has 0 radical (unpaired) electrons. The smallest absolute Gasteiger partial charge is 0.244 e. The molecule has 1 N–H and O–H groups in total. The highest BCUT2D eigenvalue weighted by Gasteiger charge is 2.31. The van der Waals surface area contributed by atoms with Gasteiger partial charge in [-0.15, -0.1) is 0 Å². The molecule has 0 heterocycles. The maximum Gasteiger partial charge on any atom is 0.244 e. The van der Waals surface area contributed by atoms with Gasteiger partial charge in [-0.25, -0.2) is 8.42 Å². The number of nitrogens with zero attached hydrogens (tertiary/aromatic N) is 2. The highest BCUT2D eigenvalue weighted by Crippen LogP contribution is 2.24. The molecule has 0 saturated heterocycles. The van der Waals surface area contributed by atoms with Crippen LogP contribution in [0.15, 0.2) is 48.5 Å². The topological polar surface area (TPSA) is 96.0 Å². The fourth-order valence-electron chi connectivity index (χ4n) is 4.58. The van der Waals surface area contributed by atoms with Crippen LogP contribution < -0.4 is 14.4 Å². The second-order valence-corrected chi connectivity index (χ2v) is 12.0. The third-order valence-electron chi connectivity index (χ3n) is 6.88. The van der Waals surface area contributed by atoms with Crippen LogP contribution in [0.3, 0.4) is 0 Å². The van der Waals surface area contributed by atoms with Crippen LogP contribution in [0.1, 0.15) is 63.5 Å². The largest absolute Gasteiger partial charge is 0.497 e. The summed E-state index contributed by atoms with van der Waals surface area (Å²) >= 11 is 0. The van der Waals surface area contributed by atoms with Crippen molar-refractivity contribution in [2.45, 2.75) is 71.0 Å². The zero-order chi connectivity index (χ0) is 27.2. The van der Waals surface area contributed by atoms with Gasteiger partial charge in [0, 0.05) is 12.6 Å². The molecule has 2 amide bonds. The minimum absolute atomic E-state index is 0.107. The first-order chi connectivity index (χ1) is 17.5. The third-order valence-corrected chi connectivity index (χ3v) is 8.02. The number of methoxy groups -OCH3 is 1. The first-order valence-corrected chi connectivity index (χ1v) is 14.6. The molecular formula is C28H39N3O5S. The minimum atomic E-state index is -3.76. The van der Waals surface area contributed by atoms with E-state index in [1.54, 1.807) is 38.3 Å². The fourth-order valence-corrected chi connectivity index (χ4v) is 5.43. The van der Waals surface area contributed by atoms with Gasteiger partial charge in [-0.05, 0) is 61.1 Å². The highest BCUT2D eigenvalue weighted by atomic mass is 32.2. The van der Waals surface area contributed by atoms with Gasteiger partial charge >= 0.3 is 0 Å². The lowest BCUT2D eigenvalue weighted by molar-refractivity contribution is -0.139. The number of hydrogen-bond acceptors (Lipinski definition) is 5. The van der Waals surface area contributed by atoms with Crippen molar-refractivity contribution < 1.29 is 22.7 Å². The summed E-state index contributed by atoms with van der Waals surface area (Å²) in [6.45, 7) is 5.53. The Morgan fingerprint density at radius 2 is 1.70 bits per heavy atom. The number of benzene rings is 2. The van der Waals surface area contributed by atoms with Crippen LogP contribution >= 0.6 is 0 Å². The summed E-state index contributed by atoms with van der Waals surface area (Å²) in [5.74, 6) is 0.224. The zero-order valence-electron chi connectivity index (χ0n) is 22.4. The molecule has 0 spiro atoms. The van der Waals surface area contributed by atoms with Gasteiger partial charge in [-0.1, -0.05) is 51.0 Å². The minimum Gasteiger partial charge on any atom is -0.497 e. The molecule has 1 fully saturated rings. The summed E-state index contributed by atoms with van der Waals surface area (Å²) in [4.78, 5) is 28.3. The van der Waals surface area contributed by atoms with Crippen LogP contribution in [-0.4, -0.2) is 57.1 Å². The number of nitrogens with one attached hydrogen (secondary N) is 1. The highest BCUT2D eigenvalue weighted by molar-refractivity contribution is 7.92. The Morgan fingerprint density at radius 3 is 2.27 bits per heavy atom. The lowest BCUT2D eigenvalue weighted by atomic mass is 10.0. The Hall–Kier alpha value is -3.07. The number of rotatable bonds is 11. The van der Waals surface area contributed by atoms with E-state index in [1.807, 2.05) is 24.3 Å². The summed E-state index contributed by atoms with van der Waals surface area (Å²) in [5, 5.41) is 3.06. The van der Waals surface area contributed by atoms with Crippen molar-refractivity contribution in [3.63, 3.8) is 0 Å². The van der Waals surface area contributed by atoms with Crippen LogP contribution in [0.25, 0.3) is 0 Å². The first kappa shape index (κ1) is 28.5. The monoisotopic (exact) mass is 529 g/mol. The Balaban J connectivity index is 1.88. The normalized spacial score (nSPS) is 14.9. The molecule has 202 valence electrons. The summed E-state index contributed by atoms with van der Waals surface area (Å²) in [7, 11) is -2.20. The molecule has 0 unspecified atom stereocenters. The molecule has 3 rings (SSSR count). The molecule has 0 bridgehead atoms. The predicted molar refractivity (Wildman–Crippen MR) is 146 cm³/mol. The van der Waals surface area contributed by atoms with Gasteiger partial charge in [0.1, 0.15) is 18.3 Å². The Labute approximate surface area is 221 Å². The Kier molecular flexibility index (Phi) is 9.59. The molecule has 9 heteroatoms. The summed E-state index contributed by atoms with van der Waals surface area (Å²) in [5.41, 5.74) is 2.26. The molecule has 1 saturated carbocycles. The predicted octanol–water partition coefficient (Wildman–Crippen LogP) is 4.06. The molecule has 8 nitrogen and oxygen atoms in total. The lowest BCUT2D eigenvalue weighted by Crippen LogP contribution is -2.52. The Bertz CT molecular complexity index is 1170. The quantitative estimate of drug-likeness (QED) is 0.474. The Morgan fingerprint density at radius 1 is 1.05 bits per heavy atom. The molecule has 2 aromatic rings. The van der Waals surface area contributed by atoms with Crippen LogP contribution in [0.2, 0.25) is 0 Å². The second-order valence-electron chi connectivity index (χ2n) is 10.1. The van der Waals surface area contributed by atoms with Gasteiger partial charge in [0.05, 0.1) is 19.1 Å². The van der Waals surface area contributed by atoms with Crippen LogP contribution in [0.5, 0.6) is 5.75 Å². The molecule has 1 aliphatic rings. The molecule has 2 aromatic carbocycles. The number of carbonyl (C=O) groups is 2. The van der Waals surface area contributed by atoms with Crippen LogP contribution in [0.4, 0.5) is 5.69 Å².